The third-order valence-electron chi connectivity index (χ3n) is 5.09. The second kappa shape index (κ2) is 12.1. The summed E-state index contributed by atoms with van der Waals surface area (Å²) in [7, 11) is -2.42. The van der Waals surface area contributed by atoms with E-state index in [4.69, 9.17) is 37.4 Å². The first-order valence-electron chi connectivity index (χ1n) is 11.1. The minimum Gasteiger partial charge on any atom is -0.495 e. The molecule has 4 rings (SSSR count). The van der Waals surface area contributed by atoms with Gasteiger partial charge in [-0.15, -0.1) is 0 Å². The number of benzene rings is 4. The molecule has 0 saturated heterocycles. The van der Waals surface area contributed by atoms with Gasteiger partial charge in [-0.1, -0.05) is 41.4 Å². The van der Waals surface area contributed by atoms with Crippen molar-refractivity contribution in [1.29, 1.82) is 0 Å². The Hall–Kier alpha value is -3.92. The van der Waals surface area contributed by atoms with Crippen LogP contribution in [-0.2, 0) is 14.8 Å². The molecule has 0 aromatic heterocycles. The van der Waals surface area contributed by atoms with Gasteiger partial charge in [0, 0.05) is 5.02 Å². The summed E-state index contributed by atoms with van der Waals surface area (Å²) in [6.07, 6.45) is 0. The van der Waals surface area contributed by atoms with Crippen LogP contribution in [0.25, 0.3) is 0 Å². The number of methoxy groups -OCH3 is 1. The van der Waals surface area contributed by atoms with Crippen molar-refractivity contribution < 1.29 is 27.4 Å². The summed E-state index contributed by atoms with van der Waals surface area (Å²) in [5.74, 6) is 1.28. The van der Waals surface area contributed by atoms with Crippen LogP contribution in [0, 0.1) is 0 Å². The largest absolute Gasteiger partial charge is 0.495 e. The van der Waals surface area contributed by atoms with Crippen LogP contribution in [0.1, 0.15) is 0 Å². The molecule has 0 aliphatic rings. The standard InChI is InChI=1S/C27H22Cl2N2O6S/c1-35-25-14-8-19(16-23(25)29)31-38(33,34)22-11-9-20(10-12-22)36-17-27(32)30-24-15-18(28)7-13-26(24)37-21-5-3-2-4-6-21/h2-16,31H,17H2,1H3,(H,30,32). The van der Waals surface area contributed by atoms with Crippen molar-refractivity contribution in [2.24, 2.45) is 0 Å². The van der Waals surface area contributed by atoms with E-state index in [0.717, 1.165) is 0 Å². The monoisotopic (exact) mass is 572 g/mol. The van der Waals surface area contributed by atoms with E-state index in [0.29, 0.717) is 33.7 Å². The molecule has 4 aromatic rings. The van der Waals surface area contributed by atoms with Gasteiger partial charge in [-0.2, -0.15) is 0 Å². The van der Waals surface area contributed by atoms with Crippen molar-refractivity contribution in [3.05, 3.63) is 101 Å². The number of amides is 1. The molecular weight excluding hydrogens is 551 g/mol. The van der Waals surface area contributed by atoms with Gasteiger partial charge < -0.3 is 19.5 Å². The molecule has 0 aliphatic heterocycles. The van der Waals surface area contributed by atoms with Crippen LogP contribution >= 0.6 is 23.2 Å². The molecule has 0 radical (unpaired) electrons. The second-order valence-electron chi connectivity index (χ2n) is 7.82. The molecule has 2 N–H and O–H groups in total. The SMILES string of the molecule is COc1ccc(NS(=O)(=O)c2ccc(OCC(=O)Nc3cc(Cl)ccc3Oc3ccccc3)cc2)cc1Cl. The molecule has 0 saturated carbocycles. The zero-order valence-electron chi connectivity index (χ0n) is 20.0. The van der Waals surface area contributed by atoms with E-state index >= 15 is 0 Å². The van der Waals surface area contributed by atoms with E-state index < -0.39 is 15.9 Å². The van der Waals surface area contributed by atoms with E-state index in [1.54, 1.807) is 36.4 Å². The highest BCUT2D eigenvalue weighted by molar-refractivity contribution is 7.92. The highest BCUT2D eigenvalue weighted by Gasteiger charge is 2.16. The van der Waals surface area contributed by atoms with E-state index in [-0.39, 0.29) is 22.2 Å². The lowest BCUT2D eigenvalue weighted by Crippen LogP contribution is -2.20. The number of rotatable bonds is 10. The summed E-state index contributed by atoms with van der Waals surface area (Å²) in [6, 6.07) is 24.1. The number of hydrogen-bond acceptors (Lipinski definition) is 6. The molecule has 0 aliphatic carbocycles. The van der Waals surface area contributed by atoms with Gasteiger partial charge in [0.15, 0.2) is 12.4 Å². The fourth-order valence-corrected chi connectivity index (χ4v) is 4.78. The maximum absolute atomic E-state index is 12.7. The van der Waals surface area contributed by atoms with Crippen LogP contribution in [0.15, 0.2) is 95.9 Å². The Morgan fingerprint density at radius 1 is 0.842 bits per heavy atom. The number of anilines is 2. The van der Waals surface area contributed by atoms with Crippen LogP contribution in [-0.4, -0.2) is 28.0 Å². The van der Waals surface area contributed by atoms with Crippen molar-refractivity contribution >= 4 is 50.5 Å². The topological polar surface area (TPSA) is 103 Å². The summed E-state index contributed by atoms with van der Waals surface area (Å²) in [5, 5.41) is 3.41. The summed E-state index contributed by atoms with van der Waals surface area (Å²) in [5.41, 5.74) is 0.658. The first-order valence-corrected chi connectivity index (χ1v) is 13.4. The fraction of sp³-hybridized carbons (Fsp3) is 0.0741. The van der Waals surface area contributed by atoms with Gasteiger partial charge in [0.05, 0.1) is 28.4 Å². The minimum absolute atomic E-state index is 0.00266. The Bertz CT molecular complexity index is 1530. The molecule has 0 heterocycles. The number of carbonyl (C=O) groups is 1. The van der Waals surface area contributed by atoms with Crippen LogP contribution in [0.5, 0.6) is 23.0 Å². The van der Waals surface area contributed by atoms with Crippen molar-refractivity contribution in [1.82, 2.24) is 0 Å². The van der Waals surface area contributed by atoms with E-state index in [1.165, 1.54) is 43.5 Å². The number of nitrogens with one attached hydrogen (secondary N) is 2. The normalized spacial score (nSPS) is 10.9. The number of para-hydroxylation sites is 1. The van der Waals surface area contributed by atoms with Crippen molar-refractivity contribution in [2.45, 2.75) is 4.90 Å². The predicted octanol–water partition coefficient (Wildman–Crippen LogP) is 6.61. The van der Waals surface area contributed by atoms with E-state index in [1.807, 2.05) is 18.2 Å². The maximum atomic E-state index is 12.7. The number of halogens is 2. The minimum atomic E-state index is -3.88. The molecule has 11 heteroatoms. The van der Waals surface area contributed by atoms with Gasteiger partial charge in [-0.3, -0.25) is 9.52 Å². The Kier molecular flexibility index (Phi) is 8.62. The average molecular weight is 573 g/mol. The molecule has 0 atom stereocenters. The van der Waals surface area contributed by atoms with E-state index in [9.17, 15) is 13.2 Å². The summed E-state index contributed by atoms with van der Waals surface area (Å²) >= 11 is 12.2. The number of carbonyl (C=O) groups excluding carboxylic acids is 1. The van der Waals surface area contributed by atoms with E-state index in [2.05, 4.69) is 10.0 Å². The summed E-state index contributed by atoms with van der Waals surface area (Å²) < 4.78 is 44.3. The first-order chi connectivity index (χ1) is 18.2. The Morgan fingerprint density at radius 3 is 2.24 bits per heavy atom. The second-order valence-corrected chi connectivity index (χ2v) is 10.3. The van der Waals surface area contributed by atoms with Gasteiger partial charge in [0.1, 0.15) is 17.2 Å². The van der Waals surface area contributed by atoms with Crippen LogP contribution in [0.4, 0.5) is 11.4 Å². The zero-order chi connectivity index (χ0) is 27.1. The average Bonchev–Trinajstić information content (AvgIpc) is 2.90. The molecule has 1 amide bonds. The lowest BCUT2D eigenvalue weighted by molar-refractivity contribution is -0.118. The van der Waals surface area contributed by atoms with Crippen molar-refractivity contribution in [3.8, 4) is 23.0 Å². The summed E-state index contributed by atoms with van der Waals surface area (Å²) in [6.45, 7) is -0.327. The maximum Gasteiger partial charge on any atom is 0.262 e. The Labute approximate surface area is 230 Å². The number of hydrogen-bond donors (Lipinski definition) is 2. The summed E-state index contributed by atoms with van der Waals surface area (Å²) in [4.78, 5) is 12.5. The van der Waals surface area contributed by atoms with Crippen LogP contribution < -0.4 is 24.2 Å². The smallest absolute Gasteiger partial charge is 0.262 e. The fourth-order valence-electron chi connectivity index (χ4n) is 3.30. The number of sulfonamides is 1. The van der Waals surface area contributed by atoms with Gasteiger partial charge in [0.25, 0.3) is 15.9 Å². The lowest BCUT2D eigenvalue weighted by Gasteiger charge is -2.13. The Balaban J connectivity index is 1.36. The first kappa shape index (κ1) is 27.1. The van der Waals surface area contributed by atoms with Gasteiger partial charge >= 0.3 is 0 Å². The molecular formula is C27H22Cl2N2O6S. The van der Waals surface area contributed by atoms with Gasteiger partial charge in [-0.05, 0) is 72.8 Å². The zero-order valence-corrected chi connectivity index (χ0v) is 22.3. The van der Waals surface area contributed by atoms with Crippen LogP contribution in [0.3, 0.4) is 0 Å². The molecule has 196 valence electrons. The molecule has 4 aromatic carbocycles. The van der Waals surface area contributed by atoms with Crippen molar-refractivity contribution in [2.75, 3.05) is 23.8 Å². The molecule has 0 fully saturated rings. The van der Waals surface area contributed by atoms with Crippen molar-refractivity contribution in [3.63, 3.8) is 0 Å². The van der Waals surface area contributed by atoms with Gasteiger partial charge in [0.2, 0.25) is 0 Å². The van der Waals surface area contributed by atoms with Crippen LogP contribution in [0.2, 0.25) is 10.0 Å². The Morgan fingerprint density at radius 2 is 1.55 bits per heavy atom. The highest BCUT2D eigenvalue weighted by atomic mass is 35.5. The molecule has 0 unspecified atom stereocenters. The third-order valence-corrected chi connectivity index (χ3v) is 7.02. The highest BCUT2D eigenvalue weighted by Crippen LogP contribution is 2.32. The molecule has 0 spiro atoms. The third kappa shape index (κ3) is 7.10. The predicted molar refractivity (Wildman–Crippen MR) is 147 cm³/mol. The lowest BCUT2D eigenvalue weighted by atomic mass is 10.2. The molecule has 8 nitrogen and oxygen atoms in total. The van der Waals surface area contributed by atoms with Gasteiger partial charge in [-0.25, -0.2) is 8.42 Å². The molecule has 38 heavy (non-hydrogen) atoms. The number of ether oxygens (including phenoxy) is 3. The molecule has 0 bridgehead atoms. The quantitative estimate of drug-likeness (QED) is 0.221.